The van der Waals surface area contributed by atoms with Gasteiger partial charge in [-0.1, -0.05) is 27.7 Å². The summed E-state index contributed by atoms with van der Waals surface area (Å²) in [7, 11) is -3.52. The summed E-state index contributed by atoms with van der Waals surface area (Å²) in [5.41, 5.74) is 0. The maximum Gasteiger partial charge on any atom is 0.260 e. The van der Waals surface area contributed by atoms with Crippen LogP contribution in [-0.2, 0) is 14.8 Å². The van der Waals surface area contributed by atoms with Gasteiger partial charge in [-0.2, -0.15) is 0 Å². The molecule has 0 unspecified atom stereocenters. The molecule has 0 heterocycles. The van der Waals surface area contributed by atoms with Gasteiger partial charge in [-0.25, -0.2) is 13.1 Å². The van der Waals surface area contributed by atoms with Crippen molar-refractivity contribution < 1.29 is 17.9 Å². The Morgan fingerprint density at radius 1 is 1.04 bits per heavy atom. The maximum absolute atomic E-state index is 12.2. The minimum atomic E-state index is -3.52. The minimum absolute atomic E-state index is 0.181. The average molecular weight is 371 g/mol. The summed E-state index contributed by atoms with van der Waals surface area (Å²) in [4.78, 5) is 12.1. The third-order valence-corrected chi connectivity index (χ3v) is 4.99. The molecule has 0 aliphatic heterocycles. The van der Waals surface area contributed by atoms with Crippen molar-refractivity contribution >= 4 is 15.9 Å². The molecule has 1 aromatic rings. The molecule has 0 fully saturated rings. The van der Waals surface area contributed by atoms with Crippen LogP contribution in [0.15, 0.2) is 29.2 Å². The highest BCUT2D eigenvalue weighted by molar-refractivity contribution is 7.89. The van der Waals surface area contributed by atoms with E-state index in [0.717, 1.165) is 6.42 Å². The first-order valence-corrected chi connectivity index (χ1v) is 10.1. The van der Waals surface area contributed by atoms with Crippen molar-refractivity contribution in [1.29, 1.82) is 0 Å². The summed E-state index contributed by atoms with van der Waals surface area (Å²) in [5, 5.41) is 2.80. The molecule has 0 spiro atoms. The Balaban J connectivity index is 2.62. The number of nitrogens with one attached hydrogen (secondary N) is 2. The number of ether oxygens (including phenoxy) is 1. The van der Waals surface area contributed by atoms with Crippen LogP contribution in [0.5, 0.6) is 5.75 Å². The van der Waals surface area contributed by atoms with Crippen LogP contribution in [0.4, 0.5) is 0 Å². The number of benzene rings is 1. The molecule has 0 bridgehead atoms. The predicted molar refractivity (Wildman–Crippen MR) is 99.0 cm³/mol. The summed E-state index contributed by atoms with van der Waals surface area (Å²) < 4.78 is 32.5. The van der Waals surface area contributed by atoms with Crippen molar-refractivity contribution in [2.45, 2.75) is 52.0 Å². The number of rotatable bonds is 10. The van der Waals surface area contributed by atoms with E-state index in [1.807, 2.05) is 27.7 Å². The number of carbonyl (C=O) groups excluding carboxylic acids is 1. The van der Waals surface area contributed by atoms with E-state index in [-0.39, 0.29) is 10.8 Å². The number of sulfonamides is 1. The van der Waals surface area contributed by atoms with Crippen molar-refractivity contribution in [3.63, 3.8) is 0 Å². The zero-order chi connectivity index (χ0) is 19.0. The topological polar surface area (TPSA) is 84.5 Å². The lowest BCUT2D eigenvalue weighted by Crippen LogP contribution is -2.38. The molecule has 25 heavy (non-hydrogen) atoms. The minimum Gasteiger partial charge on any atom is -0.481 e. The smallest absolute Gasteiger partial charge is 0.260 e. The Kier molecular flexibility index (Phi) is 8.38. The molecule has 0 saturated carbocycles. The van der Waals surface area contributed by atoms with Crippen LogP contribution in [0, 0.1) is 11.8 Å². The first-order valence-electron chi connectivity index (χ1n) is 8.66. The van der Waals surface area contributed by atoms with E-state index in [0.29, 0.717) is 30.7 Å². The normalized spacial score (nSPS) is 13.1. The second-order valence-corrected chi connectivity index (χ2v) is 8.72. The molecule has 6 nitrogen and oxygen atoms in total. The lowest BCUT2D eigenvalue weighted by atomic mass is 10.1. The monoisotopic (exact) mass is 370 g/mol. The maximum atomic E-state index is 12.2. The fourth-order valence-electron chi connectivity index (χ4n) is 1.97. The van der Waals surface area contributed by atoms with Crippen molar-refractivity contribution in [1.82, 2.24) is 10.0 Å². The van der Waals surface area contributed by atoms with E-state index >= 15 is 0 Å². The Labute approximate surface area is 151 Å². The summed E-state index contributed by atoms with van der Waals surface area (Å²) in [6.45, 7) is 10.8. The lowest BCUT2D eigenvalue weighted by molar-refractivity contribution is -0.127. The third-order valence-electron chi connectivity index (χ3n) is 3.51. The molecule has 2 N–H and O–H groups in total. The quantitative estimate of drug-likeness (QED) is 0.663. The van der Waals surface area contributed by atoms with Gasteiger partial charge in [0.05, 0.1) is 4.90 Å². The van der Waals surface area contributed by atoms with Gasteiger partial charge in [0.2, 0.25) is 10.0 Å². The molecule has 0 aromatic heterocycles. The molecule has 1 aromatic carbocycles. The molecule has 0 radical (unpaired) electrons. The third kappa shape index (κ3) is 7.88. The first kappa shape index (κ1) is 21.4. The molecule has 0 saturated heterocycles. The summed E-state index contributed by atoms with van der Waals surface area (Å²) >= 11 is 0. The number of hydrogen-bond acceptors (Lipinski definition) is 4. The first-order chi connectivity index (χ1) is 11.6. The lowest BCUT2D eigenvalue weighted by Gasteiger charge is -2.16. The van der Waals surface area contributed by atoms with Gasteiger partial charge in [0.1, 0.15) is 5.75 Å². The molecule has 1 amide bonds. The second kappa shape index (κ2) is 9.77. The highest BCUT2D eigenvalue weighted by Crippen LogP contribution is 2.17. The standard InChI is InChI=1S/C18H30N2O4S/c1-13(2)10-11-20-25(22,23)17-8-6-16(7-9-17)24-15(5)18(21)19-12-14(3)4/h6-9,13-15,20H,10-12H2,1-5H3,(H,19,21)/t15-/m0/s1. The largest absolute Gasteiger partial charge is 0.481 e. The number of amides is 1. The summed E-state index contributed by atoms with van der Waals surface area (Å²) in [6.07, 6.45) is 0.133. The predicted octanol–water partition coefficient (Wildman–Crippen LogP) is 2.55. The Morgan fingerprint density at radius 3 is 2.16 bits per heavy atom. The highest BCUT2D eigenvalue weighted by atomic mass is 32.2. The van der Waals surface area contributed by atoms with Gasteiger partial charge >= 0.3 is 0 Å². The van der Waals surface area contributed by atoms with Gasteiger partial charge < -0.3 is 10.1 Å². The Morgan fingerprint density at radius 2 is 1.64 bits per heavy atom. The highest BCUT2D eigenvalue weighted by Gasteiger charge is 2.16. The summed E-state index contributed by atoms with van der Waals surface area (Å²) in [5.74, 6) is 1.06. The van der Waals surface area contributed by atoms with Gasteiger partial charge in [-0.05, 0) is 49.4 Å². The second-order valence-electron chi connectivity index (χ2n) is 6.95. The molecule has 7 heteroatoms. The molecule has 0 aliphatic carbocycles. The van der Waals surface area contributed by atoms with Crippen LogP contribution < -0.4 is 14.8 Å². The van der Waals surface area contributed by atoms with E-state index in [9.17, 15) is 13.2 Å². The number of hydrogen-bond donors (Lipinski definition) is 2. The van der Waals surface area contributed by atoms with E-state index in [4.69, 9.17) is 4.74 Å². The van der Waals surface area contributed by atoms with Crippen molar-refractivity contribution in [2.75, 3.05) is 13.1 Å². The van der Waals surface area contributed by atoms with Crippen molar-refractivity contribution in [2.24, 2.45) is 11.8 Å². The number of carbonyl (C=O) groups is 1. The molecule has 1 atom stereocenters. The zero-order valence-corrected chi connectivity index (χ0v) is 16.5. The van der Waals surface area contributed by atoms with Crippen LogP contribution in [-0.4, -0.2) is 33.5 Å². The molecule has 142 valence electrons. The van der Waals surface area contributed by atoms with Crippen molar-refractivity contribution in [3.8, 4) is 5.75 Å². The Bertz CT molecular complexity index is 640. The molecular weight excluding hydrogens is 340 g/mol. The van der Waals surface area contributed by atoms with Crippen molar-refractivity contribution in [3.05, 3.63) is 24.3 Å². The summed E-state index contributed by atoms with van der Waals surface area (Å²) in [6, 6.07) is 6.07. The van der Waals surface area contributed by atoms with Crippen LogP contribution in [0.2, 0.25) is 0 Å². The fraction of sp³-hybridized carbons (Fsp3) is 0.611. The molecule has 1 rings (SSSR count). The van der Waals surface area contributed by atoms with Gasteiger partial charge in [0.25, 0.3) is 5.91 Å². The van der Waals surface area contributed by atoms with Gasteiger partial charge in [-0.3, -0.25) is 4.79 Å². The SMILES string of the molecule is CC(C)CCNS(=O)(=O)c1ccc(O[C@@H](C)C(=O)NCC(C)C)cc1. The fourth-order valence-corrected chi connectivity index (χ4v) is 3.02. The van der Waals surface area contributed by atoms with Crippen LogP contribution in [0.1, 0.15) is 41.0 Å². The van der Waals surface area contributed by atoms with Gasteiger partial charge in [0.15, 0.2) is 6.10 Å². The zero-order valence-electron chi connectivity index (χ0n) is 15.7. The van der Waals surface area contributed by atoms with Crippen LogP contribution in [0.25, 0.3) is 0 Å². The van der Waals surface area contributed by atoms with Gasteiger partial charge in [-0.15, -0.1) is 0 Å². The van der Waals surface area contributed by atoms with Crippen LogP contribution >= 0.6 is 0 Å². The van der Waals surface area contributed by atoms with E-state index in [2.05, 4.69) is 10.0 Å². The van der Waals surface area contributed by atoms with Crippen LogP contribution in [0.3, 0.4) is 0 Å². The average Bonchev–Trinajstić information content (AvgIpc) is 2.52. The van der Waals surface area contributed by atoms with Gasteiger partial charge in [0, 0.05) is 13.1 Å². The molecular formula is C18H30N2O4S. The molecule has 0 aliphatic rings. The van der Waals surface area contributed by atoms with E-state index in [1.165, 1.54) is 12.1 Å². The Hall–Kier alpha value is -1.60. The van der Waals surface area contributed by atoms with E-state index < -0.39 is 16.1 Å². The van der Waals surface area contributed by atoms with E-state index in [1.54, 1.807) is 19.1 Å².